The molecule has 0 unspecified atom stereocenters. The van der Waals surface area contributed by atoms with Gasteiger partial charge in [0.25, 0.3) is 0 Å². The van der Waals surface area contributed by atoms with E-state index in [1.807, 2.05) is 0 Å². The summed E-state index contributed by atoms with van der Waals surface area (Å²) in [7, 11) is 0. The molecular formula is C23H34O5. The first-order chi connectivity index (χ1) is 13.3. The Labute approximate surface area is 167 Å². The summed E-state index contributed by atoms with van der Waals surface area (Å²) in [5.74, 6) is 1.38. The minimum Gasteiger partial charge on any atom is -0.463 e. The van der Waals surface area contributed by atoms with E-state index in [0.717, 1.165) is 51.4 Å². The van der Waals surface area contributed by atoms with Crippen molar-refractivity contribution in [3.05, 3.63) is 0 Å². The van der Waals surface area contributed by atoms with Crippen molar-refractivity contribution in [2.45, 2.75) is 84.0 Å². The SMILES string of the molecule is CC(=O)O[C@H]1CC[C@@]2(C)[C@H](C1)CC1(OCCO1)[C@H]1[C@H]3CCC(=O)[C@@]3(C)CC[C@@H]12. The number of fused-ring (bicyclic) bond motifs is 6. The third-order valence-electron chi connectivity index (χ3n) is 9.46. The lowest BCUT2D eigenvalue weighted by Crippen LogP contribution is -2.64. The highest BCUT2D eigenvalue weighted by Gasteiger charge is 2.68. The van der Waals surface area contributed by atoms with E-state index in [-0.39, 0.29) is 22.9 Å². The third kappa shape index (κ3) is 2.51. The second-order valence-corrected chi connectivity index (χ2v) is 10.6. The van der Waals surface area contributed by atoms with Crippen LogP contribution < -0.4 is 0 Å². The highest BCUT2D eigenvalue weighted by Crippen LogP contribution is 2.69. The molecule has 5 heteroatoms. The zero-order valence-electron chi connectivity index (χ0n) is 17.5. The molecule has 5 fully saturated rings. The van der Waals surface area contributed by atoms with E-state index in [0.29, 0.717) is 42.7 Å². The Balaban J connectivity index is 1.51. The molecule has 5 aliphatic rings. The number of ether oxygens (including phenoxy) is 3. The predicted octanol–water partition coefficient (Wildman–Crippen LogP) is 3.88. The van der Waals surface area contributed by atoms with Crippen LogP contribution in [0.3, 0.4) is 0 Å². The van der Waals surface area contributed by atoms with Crippen LogP contribution >= 0.6 is 0 Å². The second kappa shape index (κ2) is 6.28. The first-order valence-electron chi connectivity index (χ1n) is 11.3. The molecule has 0 bridgehead atoms. The zero-order chi connectivity index (χ0) is 19.7. The van der Waals surface area contributed by atoms with Crippen LogP contribution in [0.2, 0.25) is 0 Å². The van der Waals surface area contributed by atoms with Crippen LogP contribution in [0, 0.1) is 34.5 Å². The van der Waals surface area contributed by atoms with E-state index in [1.54, 1.807) is 0 Å². The number of esters is 1. The topological polar surface area (TPSA) is 61.8 Å². The largest absolute Gasteiger partial charge is 0.463 e. The van der Waals surface area contributed by atoms with E-state index in [1.165, 1.54) is 6.92 Å². The fourth-order valence-electron chi connectivity index (χ4n) is 8.05. The average molecular weight is 391 g/mol. The van der Waals surface area contributed by atoms with Crippen molar-refractivity contribution in [1.29, 1.82) is 0 Å². The summed E-state index contributed by atoms with van der Waals surface area (Å²) < 4.78 is 18.4. The van der Waals surface area contributed by atoms with Gasteiger partial charge >= 0.3 is 5.97 Å². The summed E-state index contributed by atoms with van der Waals surface area (Å²) in [6.45, 7) is 7.47. The number of ketones is 1. The van der Waals surface area contributed by atoms with Gasteiger partial charge < -0.3 is 14.2 Å². The van der Waals surface area contributed by atoms with Gasteiger partial charge in [0.1, 0.15) is 11.9 Å². The van der Waals surface area contributed by atoms with Crippen LogP contribution in [0.15, 0.2) is 0 Å². The van der Waals surface area contributed by atoms with Crippen LogP contribution in [0.1, 0.15) is 72.1 Å². The van der Waals surface area contributed by atoms with Gasteiger partial charge in [-0.2, -0.15) is 0 Å². The molecule has 0 aromatic heterocycles. The maximum Gasteiger partial charge on any atom is 0.302 e. The fourth-order valence-corrected chi connectivity index (χ4v) is 8.05. The quantitative estimate of drug-likeness (QED) is 0.636. The fraction of sp³-hybridized carbons (Fsp3) is 0.913. The first-order valence-corrected chi connectivity index (χ1v) is 11.3. The second-order valence-electron chi connectivity index (χ2n) is 10.6. The molecule has 5 nitrogen and oxygen atoms in total. The summed E-state index contributed by atoms with van der Waals surface area (Å²) >= 11 is 0. The molecule has 4 aliphatic carbocycles. The minimum absolute atomic E-state index is 0.0208. The summed E-state index contributed by atoms with van der Waals surface area (Å²) in [5, 5.41) is 0. The molecule has 1 saturated heterocycles. The maximum atomic E-state index is 12.8. The summed E-state index contributed by atoms with van der Waals surface area (Å²) in [4.78, 5) is 24.3. The van der Waals surface area contributed by atoms with Crippen molar-refractivity contribution in [2.24, 2.45) is 34.5 Å². The number of hydrogen-bond acceptors (Lipinski definition) is 5. The molecule has 0 aromatic carbocycles. The average Bonchev–Trinajstić information content (AvgIpc) is 3.22. The Morgan fingerprint density at radius 3 is 2.54 bits per heavy atom. The first kappa shape index (κ1) is 19.0. The van der Waals surface area contributed by atoms with E-state index in [2.05, 4.69) is 13.8 Å². The highest BCUT2D eigenvalue weighted by atomic mass is 16.7. The van der Waals surface area contributed by atoms with Crippen molar-refractivity contribution >= 4 is 11.8 Å². The lowest BCUT2D eigenvalue weighted by molar-refractivity contribution is -0.297. The predicted molar refractivity (Wildman–Crippen MR) is 102 cm³/mol. The molecule has 0 radical (unpaired) electrons. The van der Waals surface area contributed by atoms with Crippen molar-refractivity contribution in [2.75, 3.05) is 13.2 Å². The van der Waals surface area contributed by atoms with Gasteiger partial charge in [0.2, 0.25) is 0 Å². The zero-order valence-corrected chi connectivity index (χ0v) is 17.5. The van der Waals surface area contributed by atoms with Gasteiger partial charge in [0.05, 0.1) is 13.2 Å². The van der Waals surface area contributed by atoms with Gasteiger partial charge in [0, 0.05) is 31.1 Å². The molecule has 7 atom stereocenters. The Kier molecular flexibility index (Phi) is 4.27. The van der Waals surface area contributed by atoms with Crippen LogP contribution in [-0.4, -0.2) is 36.9 Å². The summed E-state index contributed by atoms with van der Waals surface area (Å²) in [5.41, 5.74) is 0.0243. The van der Waals surface area contributed by atoms with Gasteiger partial charge in [-0.1, -0.05) is 13.8 Å². The Morgan fingerprint density at radius 2 is 1.82 bits per heavy atom. The molecule has 1 heterocycles. The number of rotatable bonds is 1. The smallest absolute Gasteiger partial charge is 0.302 e. The lowest BCUT2D eigenvalue weighted by atomic mass is 9.43. The third-order valence-corrected chi connectivity index (χ3v) is 9.46. The summed E-state index contributed by atoms with van der Waals surface area (Å²) in [6, 6.07) is 0. The molecule has 4 saturated carbocycles. The highest BCUT2D eigenvalue weighted by molar-refractivity contribution is 5.87. The minimum atomic E-state index is -0.538. The van der Waals surface area contributed by atoms with Crippen LogP contribution in [0.5, 0.6) is 0 Å². The van der Waals surface area contributed by atoms with E-state index in [4.69, 9.17) is 14.2 Å². The molecule has 1 aliphatic heterocycles. The molecule has 1 spiro atoms. The Morgan fingerprint density at radius 1 is 1.07 bits per heavy atom. The van der Waals surface area contributed by atoms with Crippen molar-refractivity contribution in [3.8, 4) is 0 Å². The summed E-state index contributed by atoms with van der Waals surface area (Å²) in [6.07, 6.45) is 7.64. The molecule has 0 N–H and O–H groups in total. The lowest BCUT2D eigenvalue weighted by Gasteiger charge is -2.64. The molecular weight excluding hydrogens is 356 g/mol. The number of carbonyl (C=O) groups is 2. The molecule has 0 amide bonds. The normalized spacial score (nSPS) is 49.4. The Hall–Kier alpha value is -0.940. The molecule has 156 valence electrons. The van der Waals surface area contributed by atoms with Crippen molar-refractivity contribution < 1.29 is 23.8 Å². The monoisotopic (exact) mass is 390 g/mol. The van der Waals surface area contributed by atoms with Crippen LogP contribution in [-0.2, 0) is 23.8 Å². The molecule has 28 heavy (non-hydrogen) atoms. The maximum absolute atomic E-state index is 12.8. The van der Waals surface area contributed by atoms with Gasteiger partial charge in [-0.25, -0.2) is 0 Å². The standard InChI is InChI=1S/C23H34O5/c1-14(24)28-16-6-8-21(2)15(12-16)13-23(26-10-11-27-23)20-17-4-5-19(25)22(17,3)9-7-18(20)21/h15-18,20H,4-13H2,1-3H3/t15-,16+,17-,18+,20+,21+,22+/m1/s1. The van der Waals surface area contributed by atoms with E-state index in [9.17, 15) is 9.59 Å². The van der Waals surface area contributed by atoms with Gasteiger partial charge in [-0.15, -0.1) is 0 Å². The number of carbonyl (C=O) groups excluding carboxylic acids is 2. The van der Waals surface area contributed by atoms with Gasteiger partial charge in [-0.3, -0.25) is 9.59 Å². The molecule has 5 rings (SSSR count). The van der Waals surface area contributed by atoms with Gasteiger partial charge in [0.15, 0.2) is 5.79 Å². The number of Topliss-reactive ketones (excluding diaryl/α,β-unsaturated/α-hetero) is 1. The van der Waals surface area contributed by atoms with E-state index >= 15 is 0 Å². The molecule has 0 aromatic rings. The van der Waals surface area contributed by atoms with E-state index < -0.39 is 5.79 Å². The van der Waals surface area contributed by atoms with Gasteiger partial charge in [-0.05, 0) is 61.7 Å². The van der Waals surface area contributed by atoms with Crippen LogP contribution in [0.4, 0.5) is 0 Å². The van der Waals surface area contributed by atoms with Crippen molar-refractivity contribution in [3.63, 3.8) is 0 Å². The number of hydrogen-bond donors (Lipinski definition) is 0. The van der Waals surface area contributed by atoms with Crippen LogP contribution in [0.25, 0.3) is 0 Å². The Bertz CT molecular complexity index is 682. The van der Waals surface area contributed by atoms with Crippen molar-refractivity contribution in [1.82, 2.24) is 0 Å².